The molecule has 8 nitrogen and oxygen atoms in total. The minimum absolute atomic E-state index is 0.141. The minimum atomic E-state index is -3.96. The summed E-state index contributed by atoms with van der Waals surface area (Å²) < 4.78 is 35.5. The summed E-state index contributed by atoms with van der Waals surface area (Å²) in [5.41, 5.74) is 2.31. The maximum atomic E-state index is 13.7. The molecule has 0 spiro atoms. The molecule has 39 heavy (non-hydrogen) atoms. The van der Waals surface area contributed by atoms with E-state index in [1.807, 2.05) is 42.5 Å². The Hall–Kier alpha value is -3.41. The van der Waals surface area contributed by atoms with Gasteiger partial charge in [0.1, 0.15) is 5.75 Å². The van der Waals surface area contributed by atoms with Crippen LogP contribution in [0.2, 0.25) is 0 Å². The van der Waals surface area contributed by atoms with E-state index >= 15 is 0 Å². The highest BCUT2D eigenvalue weighted by Crippen LogP contribution is 2.40. The zero-order chi connectivity index (χ0) is 27.6. The molecule has 0 saturated heterocycles. The van der Waals surface area contributed by atoms with Crippen LogP contribution in [0.5, 0.6) is 5.75 Å². The Morgan fingerprint density at radius 3 is 2.44 bits per heavy atom. The van der Waals surface area contributed by atoms with E-state index in [1.165, 1.54) is 27.4 Å². The second kappa shape index (κ2) is 11.0. The van der Waals surface area contributed by atoms with Gasteiger partial charge in [0.25, 0.3) is 15.9 Å². The van der Waals surface area contributed by atoms with Crippen molar-refractivity contribution in [2.24, 2.45) is 0 Å². The second-order valence-electron chi connectivity index (χ2n) is 10.0. The summed E-state index contributed by atoms with van der Waals surface area (Å²) in [6.07, 6.45) is -1.08. The van der Waals surface area contributed by atoms with Crippen molar-refractivity contribution in [3.63, 3.8) is 0 Å². The van der Waals surface area contributed by atoms with Crippen molar-refractivity contribution in [2.45, 2.75) is 47.3 Å². The predicted octanol–water partition coefficient (Wildman–Crippen LogP) is 5.72. The lowest BCUT2D eigenvalue weighted by Crippen LogP contribution is -2.49. The van der Waals surface area contributed by atoms with Crippen LogP contribution < -0.4 is 14.4 Å². The molecule has 4 aromatic rings. The first-order chi connectivity index (χ1) is 18.6. The lowest BCUT2D eigenvalue weighted by Gasteiger charge is -2.35. The van der Waals surface area contributed by atoms with Gasteiger partial charge in [0, 0.05) is 5.75 Å². The van der Waals surface area contributed by atoms with Crippen molar-refractivity contribution in [3.8, 4) is 5.75 Å². The summed E-state index contributed by atoms with van der Waals surface area (Å²) >= 11 is 2.79. The summed E-state index contributed by atoms with van der Waals surface area (Å²) in [5, 5.41) is 11.3. The Bertz CT molecular complexity index is 1570. The number of carbonyl (C=O) groups excluding carboxylic acids is 1. The van der Waals surface area contributed by atoms with Gasteiger partial charge >= 0.3 is 0 Å². The molecule has 202 valence electrons. The van der Waals surface area contributed by atoms with Crippen molar-refractivity contribution in [3.05, 3.63) is 90.0 Å². The van der Waals surface area contributed by atoms with Crippen molar-refractivity contribution >= 4 is 49.8 Å². The monoisotopic (exact) mass is 580 g/mol. The topological polar surface area (TPSA) is 101 Å². The van der Waals surface area contributed by atoms with Crippen LogP contribution in [0.3, 0.4) is 0 Å². The van der Waals surface area contributed by atoms with Crippen molar-refractivity contribution in [1.29, 1.82) is 0 Å². The molecule has 1 amide bonds. The molecule has 0 saturated carbocycles. The lowest BCUT2D eigenvalue weighted by atomic mass is 9.86. The van der Waals surface area contributed by atoms with Gasteiger partial charge in [-0.05, 0) is 40.8 Å². The summed E-state index contributed by atoms with van der Waals surface area (Å²) in [7, 11) is -3.96. The number of sulfonamides is 1. The van der Waals surface area contributed by atoms with E-state index in [-0.39, 0.29) is 16.9 Å². The number of ether oxygens (including phenoxy) is 1. The predicted molar refractivity (Wildman–Crippen MR) is 155 cm³/mol. The second-order valence-corrected chi connectivity index (χ2v) is 14.1. The van der Waals surface area contributed by atoms with Crippen molar-refractivity contribution < 1.29 is 17.9 Å². The molecule has 1 aliphatic rings. The van der Waals surface area contributed by atoms with E-state index in [0.717, 1.165) is 16.9 Å². The highest BCUT2D eigenvalue weighted by atomic mass is 32.2. The molecule has 1 unspecified atom stereocenters. The third-order valence-corrected chi connectivity index (χ3v) is 10.00. The van der Waals surface area contributed by atoms with Gasteiger partial charge in [0.15, 0.2) is 10.4 Å². The van der Waals surface area contributed by atoms with Crippen LogP contribution in [0, 0.1) is 0 Å². The normalized spacial score (nSPS) is 15.4. The van der Waals surface area contributed by atoms with Crippen LogP contribution in [-0.4, -0.2) is 37.2 Å². The summed E-state index contributed by atoms with van der Waals surface area (Å²) in [6.45, 7) is 5.98. The number of amides is 1. The Kier molecular flexibility index (Phi) is 7.66. The molecule has 0 radical (unpaired) electrons. The summed E-state index contributed by atoms with van der Waals surface area (Å²) in [6, 6.07) is 23.6. The van der Waals surface area contributed by atoms with Crippen LogP contribution in [0.15, 0.2) is 88.1 Å². The van der Waals surface area contributed by atoms with Crippen LogP contribution in [-0.2, 0) is 26.0 Å². The van der Waals surface area contributed by atoms with E-state index < -0.39 is 22.0 Å². The summed E-state index contributed by atoms with van der Waals surface area (Å²) in [5.74, 6) is 0.560. The first kappa shape index (κ1) is 27.2. The molecule has 3 aromatic carbocycles. The lowest BCUT2D eigenvalue weighted by molar-refractivity contribution is -0.122. The molecular weight excluding hydrogens is 553 g/mol. The van der Waals surface area contributed by atoms with Gasteiger partial charge in [-0.2, -0.15) is 0 Å². The van der Waals surface area contributed by atoms with Gasteiger partial charge in [0.2, 0.25) is 5.13 Å². The highest BCUT2D eigenvalue weighted by Gasteiger charge is 2.38. The third kappa shape index (κ3) is 6.10. The number of aromatic nitrogens is 2. The quantitative estimate of drug-likeness (QED) is 0.220. The number of benzene rings is 3. The molecule has 0 fully saturated rings. The molecule has 11 heteroatoms. The zero-order valence-corrected chi connectivity index (χ0v) is 24.1. The number of nitrogens with zero attached hydrogens (tertiary/aromatic N) is 3. The Labute approximate surface area is 236 Å². The first-order valence-corrected chi connectivity index (χ1v) is 15.6. The van der Waals surface area contributed by atoms with Crippen molar-refractivity contribution in [1.82, 2.24) is 10.2 Å². The number of nitrogens with one attached hydrogen (secondary N) is 1. The molecule has 1 aliphatic heterocycles. The molecule has 0 aliphatic carbocycles. The van der Waals surface area contributed by atoms with Crippen molar-refractivity contribution in [2.75, 3.05) is 16.2 Å². The van der Waals surface area contributed by atoms with Crippen LogP contribution in [0.4, 0.5) is 10.8 Å². The first-order valence-electron chi connectivity index (χ1n) is 12.3. The molecule has 0 bridgehead atoms. The van der Waals surface area contributed by atoms with Crippen LogP contribution in [0.1, 0.15) is 31.9 Å². The van der Waals surface area contributed by atoms with Gasteiger partial charge in [-0.3, -0.25) is 14.4 Å². The minimum Gasteiger partial charge on any atom is -0.476 e. The smallest absolute Gasteiger partial charge is 0.269 e. The van der Waals surface area contributed by atoms with Gasteiger partial charge in [-0.25, -0.2) is 8.42 Å². The Morgan fingerprint density at radius 2 is 1.74 bits per heavy atom. The SMILES string of the molecule is CC(C)(C)c1ccc2c(c1)N(S(=O)(=O)c1ccccc1)CC(C(=O)Nc1nnc(SCc3ccccc3)s1)O2. The number of hydrogen-bond donors (Lipinski definition) is 1. The molecule has 1 atom stereocenters. The standard InChI is InChI=1S/C28H28N4O4S3/c1-28(2,3)20-14-15-23-22(16-20)32(39(34,35)21-12-8-5-9-13-21)17-24(36-23)25(33)29-26-30-31-27(38-26)37-18-19-10-6-4-7-11-19/h4-16,24H,17-18H2,1-3H3,(H,29,30,33). The third-order valence-electron chi connectivity index (χ3n) is 6.16. The molecular formula is C28H28N4O4S3. The van der Waals surface area contributed by atoms with Gasteiger partial charge in [-0.1, -0.05) is 98.5 Å². The van der Waals surface area contributed by atoms with Crippen LogP contribution >= 0.6 is 23.1 Å². The number of thioether (sulfide) groups is 1. The highest BCUT2D eigenvalue weighted by molar-refractivity contribution is 8.00. The van der Waals surface area contributed by atoms with Gasteiger partial charge in [0.05, 0.1) is 17.1 Å². The number of rotatable bonds is 7. The number of fused-ring (bicyclic) bond motifs is 1. The van der Waals surface area contributed by atoms with E-state index in [2.05, 4.69) is 36.3 Å². The van der Waals surface area contributed by atoms with E-state index in [0.29, 0.717) is 20.9 Å². The largest absolute Gasteiger partial charge is 0.476 e. The molecule has 1 N–H and O–H groups in total. The maximum absolute atomic E-state index is 13.7. The summed E-state index contributed by atoms with van der Waals surface area (Å²) in [4.78, 5) is 13.4. The van der Waals surface area contributed by atoms with Gasteiger partial charge in [-0.15, -0.1) is 10.2 Å². The van der Waals surface area contributed by atoms with Crippen LogP contribution in [0.25, 0.3) is 0 Å². The Morgan fingerprint density at radius 1 is 1.05 bits per heavy atom. The average Bonchev–Trinajstić information content (AvgIpc) is 3.38. The zero-order valence-electron chi connectivity index (χ0n) is 21.7. The maximum Gasteiger partial charge on any atom is 0.269 e. The fourth-order valence-corrected chi connectivity index (χ4v) is 7.23. The number of anilines is 2. The van der Waals surface area contributed by atoms with E-state index in [4.69, 9.17) is 4.74 Å². The molecule has 5 rings (SSSR count). The molecule has 1 aromatic heterocycles. The fraction of sp³-hybridized carbons (Fsp3) is 0.250. The van der Waals surface area contributed by atoms with E-state index in [1.54, 1.807) is 36.4 Å². The number of hydrogen-bond acceptors (Lipinski definition) is 8. The average molecular weight is 581 g/mol. The number of carbonyl (C=O) groups is 1. The van der Waals surface area contributed by atoms with Gasteiger partial charge < -0.3 is 4.74 Å². The molecule has 2 heterocycles. The fourth-order valence-electron chi connectivity index (χ4n) is 4.03. The Balaban J connectivity index is 1.38. The van der Waals surface area contributed by atoms with E-state index in [9.17, 15) is 13.2 Å².